The highest BCUT2D eigenvalue weighted by atomic mass is 16.5. The zero-order valence-corrected chi connectivity index (χ0v) is 13.1. The smallest absolute Gasteiger partial charge is 0.257 e. The molecular weight excluding hydrogens is 252 g/mol. The normalized spacial score (nSPS) is 12.8. The van der Waals surface area contributed by atoms with Crippen LogP contribution in [0, 0.1) is 0 Å². The van der Waals surface area contributed by atoms with Crippen LogP contribution in [0.25, 0.3) is 0 Å². The number of nitrogens with one attached hydrogen (secondary N) is 2. The van der Waals surface area contributed by atoms with Gasteiger partial charge in [-0.25, -0.2) is 0 Å². The van der Waals surface area contributed by atoms with E-state index in [0.29, 0.717) is 6.54 Å². The molecule has 1 unspecified atom stereocenters. The lowest BCUT2D eigenvalue weighted by Crippen LogP contribution is -2.39. The largest absolute Gasteiger partial charge is 0.483 e. The fraction of sp³-hybridized carbons (Fsp3) is 0.562. The molecule has 1 amide bonds. The first-order valence-electron chi connectivity index (χ1n) is 7.01. The number of hydrogen-bond donors (Lipinski definition) is 2. The van der Waals surface area contributed by atoms with Crippen LogP contribution in [0.3, 0.4) is 0 Å². The second-order valence-corrected chi connectivity index (χ2v) is 6.03. The Kier molecular flexibility index (Phi) is 6.02. The van der Waals surface area contributed by atoms with Crippen LogP contribution in [0.5, 0.6) is 5.75 Å². The third-order valence-electron chi connectivity index (χ3n) is 3.15. The number of benzene rings is 1. The minimum absolute atomic E-state index is 0.00624. The van der Waals surface area contributed by atoms with Crippen LogP contribution in [-0.4, -0.2) is 32.1 Å². The molecule has 0 spiro atoms. The Morgan fingerprint density at radius 1 is 1.30 bits per heavy atom. The monoisotopic (exact) mass is 278 g/mol. The highest BCUT2D eigenvalue weighted by Crippen LogP contribution is 2.30. The maximum absolute atomic E-state index is 11.7. The van der Waals surface area contributed by atoms with E-state index in [1.165, 1.54) is 0 Å². The molecule has 4 heteroatoms. The van der Waals surface area contributed by atoms with E-state index in [2.05, 4.69) is 31.4 Å². The molecule has 0 saturated heterocycles. The third kappa shape index (κ3) is 5.21. The number of carbonyl (C=O) groups is 1. The predicted octanol–water partition coefficient (Wildman–Crippen LogP) is 2.09. The van der Waals surface area contributed by atoms with Crippen LogP contribution < -0.4 is 15.4 Å². The van der Waals surface area contributed by atoms with Gasteiger partial charge < -0.3 is 15.4 Å². The number of ether oxygens (including phenoxy) is 1. The number of para-hydroxylation sites is 1. The van der Waals surface area contributed by atoms with Gasteiger partial charge in [-0.3, -0.25) is 4.79 Å². The summed E-state index contributed by atoms with van der Waals surface area (Å²) in [6.07, 6.45) is 0. The number of rotatable bonds is 6. The van der Waals surface area contributed by atoms with Gasteiger partial charge in [0.25, 0.3) is 5.91 Å². The Hall–Kier alpha value is -1.55. The highest BCUT2D eigenvalue weighted by molar-refractivity contribution is 5.77. The number of hydrogen-bond acceptors (Lipinski definition) is 3. The zero-order chi connectivity index (χ0) is 15.2. The molecule has 0 radical (unpaired) electrons. The molecular formula is C16H26N2O2. The summed E-state index contributed by atoms with van der Waals surface area (Å²) >= 11 is 0. The van der Waals surface area contributed by atoms with Crippen molar-refractivity contribution in [3.8, 4) is 5.75 Å². The molecule has 0 fully saturated rings. The molecule has 0 aromatic heterocycles. The molecule has 20 heavy (non-hydrogen) atoms. The molecule has 0 aliphatic heterocycles. The lowest BCUT2D eigenvalue weighted by molar-refractivity contribution is -0.123. The van der Waals surface area contributed by atoms with Crippen molar-refractivity contribution in [2.45, 2.75) is 39.2 Å². The fourth-order valence-corrected chi connectivity index (χ4v) is 1.78. The van der Waals surface area contributed by atoms with E-state index in [1.807, 2.05) is 38.2 Å². The van der Waals surface area contributed by atoms with Crippen LogP contribution in [0.1, 0.15) is 33.3 Å². The Labute approximate surface area is 121 Å². The van der Waals surface area contributed by atoms with Gasteiger partial charge in [0.2, 0.25) is 0 Å². The second kappa shape index (κ2) is 7.29. The van der Waals surface area contributed by atoms with Gasteiger partial charge in [0, 0.05) is 12.6 Å². The average molecular weight is 278 g/mol. The van der Waals surface area contributed by atoms with Gasteiger partial charge in [-0.15, -0.1) is 0 Å². The average Bonchev–Trinajstić information content (AvgIpc) is 2.41. The number of amides is 1. The van der Waals surface area contributed by atoms with Crippen LogP contribution >= 0.6 is 0 Å². The summed E-state index contributed by atoms with van der Waals surface area (Å²) in [6, 6.07) is 8.11. The molecule has 1 aromatic carbocycles. The zero-order valence-electron chi connectivity index (χ0n) is 13.1. The summed E-state index contributed by atoms with van der Waals surface area (Å²) in [4.78, 5) is 11.7. The Morgan fingerprint density at radius 3 is 2.55 bits per heavy atom. The summed E-state index contributed by atoms with van der Waals surface area (Å²) in [6.45, 7) is 9.04. The number of carbonyl (C=O) groups excluding carboxylic acids is 1. The highest BCUT2D eigenvalue weighted by Gasteiger charge is 2.18. The van der Waals surface area contributed by atoms with Crippen molar-refractivity contribution in [3.05, 3.63) is 29.8 Å². The molecule has 0 heterocycles. The molecule has 1 atom stereocenters. The van der Waals surface area contributed by atoms with Crippen LogP contribution in [0.15, 0.2) is 24.3 Å². The Bertz CT molecular complexity index is 438. The Balaban J connectivity index is 2.56. The van der Waals surface area contributed by atoms with E-state index in [0.717, 1.165) is 11.3 Å². The van der Waals surface area contributed by atoms with Gasteiger partial charge in [0.15, 0.2) is 6.61 Å². The van der Waals surface area contributed by atoms with E-state index in [-0.39, 0.29) is 24.0 Å². The van der Waals surface area contributed by atoms with Crippen molar-refractivity contribution < 1.29 is 9.53 Å². The summed E-state index contributed by atoms with van der Waals surface area (Å²) in [5, 5.41) is 5.90. The molecule has 1 rings (SSSR count). The van der Waals surface area contributed by atoms with Crippen molar-refractivity contribution in [1.82, 2.24) is 10.6 Å². The lowest BCUT2D eigenvalue weighted by atomic mass is 9.86. The summed E-state index contributed by atoms with van der Waals surface area (Å²) in [5.74, 6) is 0.674. The molecule has 0 bridgehead atoms. The van der Waals surface area contributed by atoms with E-state index in [4.69, 9.17) is 4.74 Å². The minimum Gasteiger partial charge on any atom is -0.483 e. The maximum Gasteiger partial charge on any atom is 0.257 e. The van der Waals surface area contributed by atoms with Crippen LogP contribution in [-0.2, 0) is 10.2 Å². The number of likely N-dealkylation sites (N-methyl/N-ethyl adjacent to an activating group) is 1. The van der Waals surface area contributed by atoms with E-state index >= 15 is 0 Å². The molecule has 112 valence electrons. The van der Waals surface area contributed by atoms with Gasteiger partial charge in [-0.05, 0) is 31.0 Å². The first-order chi connectivity index (χ1) is 9.34. The van der Waals surface area contributed by atoms with Crippen molar-refractivity contribution in [3.63, 3.8) is 0 Å². The quantitative estimate of drug-likeness (QED) is 0.837. The summed E-state index contributed by atoms with van der Waals surface area (Å²) in [5.41, 5.74) is 1.10. The topological polar surface area (TPSA) is 50.4 Å². The molecule has 1 aromatic rings. The lowest BCUT2D eigenvalue weighted by Gasteiger charge is -2.22. The van der Waals surface area contributed by atoms with Crippen molar-refractivity contribution >= 4 is 5.91 Å². The first kappa shape index (κ1) is 16.5. The van der Waals surface area contributed by atoms with Crippen molar-refractivity contribution in [2.75, 3.05) is 20.2 Å². The van der Waals surface area contributed by atoms with Crippen LogP contribution in [0.2, 0.25) is 0 Å². The van der Waals surface area contributed by atoms with Gasteiger partial charge in [-0.2, -0.15) is 0 Å². The molecule has 4 nitrogen and oxygen atoms in total. The van der Waals surface area contributed by atoms with Crippen molar-refractivity contribution in [1.29, 1.82) is 0 Å². The van der Waals surface area contributed by atoms with Gasteiger partial charge >= 0.3 is 0 Å². The van der Waals surface area contributed by atoms with Crippen molar-refractivity contribution in [2.24, 2.45) is 0 Å². The van der Waals surface area contributed by atoms with Crippen LogP contribution in [0.4, 0.5) is 0 Å². The second-order valence-electron chi connectivity index (χ2n) is 6.03. The molecule has 0 aliphatic carbocycles. The van der Waals surface area contributed by atoms with Gasteiger partial charge in [0.1, 0.15) is 5.75 Å². The van der Waals surface area contributed by atoms with E-state index in [9.17, 15) is 4.79 Å². The van der Waals surface area contributed by atoms with Gasteiger partial charge in [0.05, 0.1) is 0 Å². The van der Waals surface area contributed by atoms with Gasteiger partial charge in [-0.1, -0.05) is 39.0 Å². The minimum atomic E-state index is -0.101. The summed E-state index contributed by atoms with van der Waals surface area (Å²) < 4.78 is 5.66. The Morgan fingerprint density at radius 2 is 1.95 bits per heavy atom. The third-order valence-corrected chi connectivity index (χ3v) is 3.15. The first-order valence-corrected chi connectivity index (χ1v) is 7.01. The fourth-order valence-electron chi connectivity index (χ4n) is 1.78. The SMILES string of the molecule is CNC(C)CNC(=O)COc1ccccc1C(C)(C)C. The molecule has 0 aliphatic rings. The van der Waals surface area contributed by atoms with E-state index < -0.39 is 0 Å². The van der Waals surface area contributed by atoms with E-state index in [1.54, 1.807) is 0 Å². The standard InChI is InChI=1S/C16H26N2O2/c1-12(17-5)10-18-15(19)11-20-14-9-7-6-8-13(14)16(2,3)4/h6-9,12,17H,10-11H2,1-5H3,(H,18,19). The molecule has 0 saturated carbocycles. The summed E-state index contributed by atoms with van der Waals surface area (Å²) in [7, 11) is 1.87. The predicted molar refractivity (Wildman–Crippen MR) is 82.2 cm³/mol. The maximum atomic E-state index is 11.7. The molecule has 2 N–H and O–H groups in total.